The van der Waals surface area contributed by atoms with Gasteiger partial charge in [-0.3, -0.25) is 10.1 Å². The van der Waals surface area contributed by atoms with Gasteiger partial charge in [-0.2, -0.15) is 0 Å². The molecule has 0 saturated carbocycles. The van der Waals surface area contributed by atoms with E-state index in [0.717, 1.165) is 5.56 Å². The third-order valence-electron chi connectivity index (χ3n) is 1.61. The van der Waals surface area contributed by atoms with Gasteiger partial charge in [-0.15, -0.1) is 0 Å². The zero-order chi connectivity index (χ0) is 10.6. The van der Waals surface area contributed by atoms with Crippen LogP contribution < -0.4 is 0 Å². The Balaban J connectivity index is 2.79. The summed E-state index contributed by atoms with van der Waals surface area (Å²) in [6.45, 7) is 0. The maximum Gasteiger partial charge on any atom is 0.269 e. The number of nitro groups is 1. The second-order valence-corrected chi connectivity index (χ2v) is 3.01. The first-order chi connectivity index (χ1) is 6.63. The minimum Gasteiger partial charge on any atom is -0.410 e. The maximum absolute atomic E-state index is 10.3. The first kappa shape index (κ1) is 10.5. The van der Waals surface area contributed by atoms with Crippen molar-refractivity contribution in [1.82, 2.24) is 0 Å². The van der Waals surface area contributed by atoms with E-state index in [0.29, 0.717) is 0 Å². The summed E-state index contributed by atoms with van der Waals surface area (Å²) in [6, 6.07) is 5.87. The maximum atomic E-state index is 10.3. The van der Waals surface area contributed by atoms with Crippen LogP contribution in [-0.2, 0) is 6.42 Å². The van der Waals surface area contributed by atoms with Crippen LogP contribution in [0.15, 0.2) is 29.4 Å². The Morgan fingerprint density at radius 3 is 2.50 bits per heavy atom. The molecular formula is C8H7ClN2O3. The quantitative estimate of drug-likeness (QED) is 0.363. The van der Waals surface area contributed by atoms with Crippen LogP contribution in [0.2, 0.25) is 0 Å². The van der Waals surface area contributed by atoms with Gasteiger partial charge in [-0.1, -0.05) is 28.9 Å². The number of rotatable bonds is 3. The molecule has 14 heavy (non-hydrogen) atoms. The van der Waals surface area contributed by atoms with Crippen molar-refractivity contribution < 1.29 is 10.1 Å². The van der Waals surface area contributed by atoms with E-state index >= 15 is 0 Å². The molecule has 0 aliphatic carbocycles. The highest BCUT2D eigenvalue weighted by atomic mass is 35.5. The number of non-ortho nitro benzene ring substituents is 1. The molecular weight excluding hydrogens is 208 g/mol. The lowest BCUT2D eigenvalue weighted by Gasteiger charge is -1.97. The van der Waals surface area contributed by atoms with Crippen molar-refractivity contribution in [3.05, 3.63) is 39.9 Å². The van der Waals surface area contributed by atoms with E-state index in [-0.39, 0.29) is 17.3 Å². The van der Waals surface area contributed by atoms with Crippen LogP contribution in [0.5, 0.6) is 0 Å². The van der Waals surface area contributed by atoms with Crippen molar-refractivity contribution in [3.63, 3.8) is 0 Å². The number of benzene rings is 1. The topological polar surface area (TPSA) is 75.7 Å². The summed E-state index contributed by atoms with van der Waals surface area (Å²) < 4.78 is 0. The molecule has 0 fully saturated rings. The first-order valence-electron chi connectivity index (χ1n) is 3.73. The highest BCUT2D eigenvalue weighted by molar-refractivity contribution is 6.65. The lowest BCUT2D eigenvalue weighted by atomic mass is 10.1. The molecule has 0 bridgehead atoms. The van der Waals surface area contributed by atoms with E-state index in [1.165, 1.54) is 12.1 Å². The van der Waals surface area contributed by atoms with E-state index in [2.05, 4.69) is 5.16 Å². The summed E-state index contributed by atoms with van der Waals surface area (Å²) in [5.41, 5.74) is 0.768. The zero-order valence-corrected chi connectivity index (χ0v) is 7.81. The molecule has 0 aliphatic heterocycles. The number of nitrogens with zero attached hydrogens (tertiary/aromatic N) is 2. The third kappa shape index (κ3) is 2.70. The summed E-state index contributed by atoms with van der Waals surface area (Å²) >= 11 is 5.47. The predicted molar refractivity (Wildman–Crippen MR) is 51.9 cm³/mol. The van der Waals surface area contributed by atoms with Crippen LogP contribution in [0, 0.1) is 10.1 Å². The van der Waals surface area contributed by atoms with Crippen LogP contribution in [0.1, 0.15) is 5.56 Å². The van der Waals surface area contributed by atoms with E-state index in [9.17, 15) is 10.1 Å². The highest BCUT2D eigenvalue weighted by Gasteiger charge is 2.04. The summed E-state index contributed by atoms with van der Waals surface area (Å²) in [4.78, 5) is 9.83. The molecule has 1 rings (SSSR count). The summed E-state index contributed by atoms with van der Waals surface area (Å²) in [6.07, 6.45) is 0.260. The van der Waals surface area contributed by atoms with Crippen molar-refractivity contribution in [1.29, 1.82) is 0 Å². The van der Waals surface area contributed by atoms with Crippen molar-refractivity contribution in [2.45, 2.75) is 6.42 Å². The third-order valence-corrected chi connectivity index (χ3v) is 1.81. The summed E-state index contributed by atoms with van der Waals surface area (Å²) in [5.74, 6) is 0. The Bertz CT molecular complexity index is 361. The number of nitro benzene ring substituents is 1. The molecule has 1 aromatic rings. The largest absolute Gasteiger partial charge is 0.410 e. The number of hydrogen-bond donors (Lipinski definition) is 1. The van der Waals surface area contributed by atoms with E-state index < -0.39 is 4.92 Å². The monoisotopic (exact) mass is 214 g/mol. The molecule has 0 aromatic heterocycles. The van der Waals surface area contributed by atoms with Gasteiger partial charge in [-0.25, -0.2) is 0 Å². The molecule has 6 heteroatoms. The molecule has 74 valence electrons. The van der Waals surface area contributed by atoms with Gasteiger partial charge in [0.25, 0.3) is 5.69 Å². The van der Waals surface area contributed by atoms with Crippen molar-refractivity contribution in [2.24, 2.45) is 5.16 Å². The van der Waals surface area contributed by atoms with Gasteiger partial charge in [0.05, 0.1) is 4.92 Å². The Kier molecular flexibility index (Phi) is 3.41. The van der Waals surface area contributed by atoms with Crippen LogP contribution in [-0.4, -0.2) is 15.3 Å². The van der Waals surface area contributed by atoms with Gasteiger partial charge in [0.1, 0.15) is 5.17 Å². The van der Waals surface area contributed by atoms with Crippen LogP contribution >= 0.6 is 11.6 Å². The van der Waals surface area contributed by atoms with Gasteiger partial charge in [0.15, 0.2) is 0 Å². The van der Waals surface area contributed by atoms with Crippen LogP contribution in [0.3, 0.4) is 0 Å². The molecule has 1 aromatic carbocycles. The molecule has 0 saturated heterocycles. The molecule has 0 radical (unpaired) electrons. The lowest BCUT2D eigenvalue weighted by Crippen LogP contribution is -1.95. The number of halogens is 1. The molecule has 5 nitrogen and oxygen atoms in total. The standard InChI is InChI=1S/C8H7ClN2O3/c9-8(10-12)5-6-1-3-7(4-2-6)11(13)14/h1-4,12H,5H2/b10-8-. The van der Waals surface area contributed by atoms with E-state index in [1.54, 1.807) is 12.1 Å². The lowest BCUT2D eigenvalue weighted by molar-refractivity contribution is -0.384. The van der Waals surface area contributed by atoms with Gasteiger partial charge < -0.3 is 5.21 Å². The molecule has 0 amide bonds. The second kappa shape index (κ2) is 4.57. The Morgan fingerprint density at radius 2 is 2.07 bits per heavy atom. The number of oxime groups is 1. The Labute approximate surface area is 84.8 Å². The van der Waals surface area contributed by atoms with Crippen molar-refractivity contribution >= 4 is 22.5 Å². The fraction of sp³-hybridized carbons (Fsp3) is 0.125. The van der Waals surface area contributed by atoms with Crippen LogP contribution in [0.25, 0.3) is 0 Å². The van der Waals surface area contributed by atoms with Gasteiger partial charge in [0.2, 0.25) is 0 Å². The molecule has 1 N–H and O–H groups in total. The van der Waals surface area contributed by atoms with Crippen molar-refractivity contribution in [2.75, 3.05) is 0 Å². The molecule has 0 aliphatic rings. The van der Waals surface area contributed by atoms with Gasteiger partial charge >= 0.3 is 0 Å². The van der Waals surface area contributed by atoms with Gasteiger partial charge in [-0.05, 0) is 5.56 Å². The van der Waals surface area contributed by atoms with E-state index in [1.807, 2.05) is 0 Å². The molecule has 0 unspecified atom stereocenters. The normalized spacial score (nSPS) is 11.4. The molecule has 0 heterocycles. The zero-order valence-electron chi connectivity index (χ0n) is 7.05. The molecule has 0 spiro atoms. The van der Waals surface area contributed by atoms with Crippen molar-refractivity contribution in [3.8, 4) is 0 Å². The smallest absolute Gasteiger partial charge is 0.269 e. The fourth-order valence-corrected chi connectivity index (χ4v) is 1.09. The average molecular weight is 215 g/mol. The minimum atomic E-state index is -0.481. The summed E-state index contributed by atoms with van der Waals surface area (Å²) in [5, 5.41) is 21.4. The molecule has 0 atom stereocenters. The van der Waals surface area contributed by atoms with Gasteiger partial charge in [0, 0.05) is 18.6 Å². The van der Waals surface area contributed by atoms with E-state index in [4.69, 9.17) is 16.8 Å². The average Bonchev–Trinajstić information content (AvgIpc) is 2.18. The Hall–Kier alpha value is -1.62. The number of hydrogen-bond acceptors (Lipinski definition) is 4. The Morgan fingerprint density at radius 1 is 1.50 bits per heavy atom. The second-order valence-electron chi connectivity index (χ2n) is 2.58. The highest BCUT2D eigenvalue weighted by Crippen LogP contribution is 2.12. The fourth-order valence-electron chi connectivity index (χ4n) is 0.939. The summed E-state index contributed by atoms with van der Waals surface area (Å²) in [7, 11) is 0. The first-order valence-corrected chi connectivity index (χ1v) is 4.11. The SMILES string of the molecule is O=[N+]([O-])c1ccc(C/C(Cl)=N/O)cc1. The van der Waals surface area contributed by atoms with Crippen LogP contribution in [0.4, 0.5) is 5.69 Å². The minimum absolute atomic E-state index is 0.0193. The predicted octanol–water partition coefficient (Wildman–Crippen LogP) is 2.16.